The van der Waals surface area contributed by atoms with Gasteiger partial charge >= 0.3 is 18.2 Å². The van der Waals surface area contributed by atoms with Crippen molar-refractivity contribution >= 4 is 59.1 Å². The van der Waals surface area contributed by atoms with E-state index >= 15 is 0 Å². The number of amides is 7. The summed E-state index contributed by atoms with van der Waals surface area (Å²) in [4.78, 5) is 107. The number of benzene rings is 2. The van der Waals surface area contributed by atoms with Crippen LogP contribution in [-0.4, -0.2) is 120 Å². The van der Waals surface area contributed by atoms with Crippen molar-refractivity contribution in [1.82, 2.24) is 25.2 Å². The van der Waals surface area contributed by atoms with Crippen LogP contribution < -0.4 is 16.0 Å². The van der Waals surface area contributed by atoms with E-state index in [-0.39, 0.29) is 31.6 Å². The lowest BCUT2D eigenvalue weighted by molar-refractivity contribution is -0.171. The first-order valence-corrected chi connectivity index (χ1v) is 17.7. The SMILES string of the molecule is CCN(CC)CCNC(=O)c1ccc(NC(=O)ON2C(=O)CCC2=O)cc1.CCN(CC)CCOC(=O)c1ccc(NC(=O)ON2C(=O)CCC2=O)cc1. The van der Waals surface area contributed by atoms with Gasteiger partial charge in [0.05, 0.1) is 5.56 Å². The van der Waals surface area contributed by atoms with E-state index in [4.69, 9.17) is 14.4 Å². The number of ether oxygens (including phenoxy) is 1. The number of esters is 1. The van der Waals surface area contributed by atoms with Crippen LogP contribution in [0.15, 0.2) is 48.5 Å². The minimum absolute atomic E-state index is 0.0250. The van der Waals surface area contributed by atoms with Gasteiger partial charge in [-0.1, -0.05) is 27.7 Å². The van der Waals surface area contributed by atoms with E-state index in [9.17, 15) is 38.4 Å². The molecule has 0 bridgehead atoms. The fraction of sp³-hybridized carbons (Fsp3) is 0.444. The lowest BCUT2D eigenvalue weighted by atomic mass is 10.2. The normalized spacial score (nSPS) is 13.8. The molecule has 7 amide bonds. The highest BCUT2D eigenvalue weighted by Gasteiger charge is 2.34. The van der Waals surface area contributed by atoms with E-state index in [2.05, 4.69) is 39.6 Å². The molecule has 2 aliphatic rings. The number of carbonyl (C=O) groups is 8. The fourth-order valence-electron chi connectivity index (χ4n) is 5.02. The van der Waals surface area contributed by atoms with Crippen LogP contribution in [0.2, 0.25) is 0 Å². The number of likely N-dealkylation sites (N-methyl/N-ethyl adjacent to an activating group) is 2. The van der Waals surface area contributed by atoms with Gasteiger partial charge in [-0.05, 0) is 74.7 Å². The maximum Gasteiger partial charge on any atom is 0.436 e. The molecule has 2 fully saturated rings. The quantitative estimate of drug-likeness (QED) is 0.166. The molecule has 2 aromatic carbocycles. The van der Waals surface area contributed by atoms with Gasteiger partial charge in [-0.25, -0.2) is 14.4 Å². The van der Waals surface area contributed by atoms with Crippen molar-refractivity contribution in [3.05, 3.63) is 59.7 Å². The molecule has 0 aliphatic carbocycles. The van der Waals surface area contributed by atoms with Crippen molar-refractivity contribution in [3.8, 4) is 0 Å². The van der Waals surface area contributed by atoms with Crippen LogP contribution in [0.4, 0.5) is 21.0 Å². The Morgan fingerprint density at radius 3 is 1.39 bits per heavy atom. The molecule has 0 spiro atoms. The molecule has 2 aliphatic heterocycles. The number of rotatable bonds is 16. The Kier molecular flexibility index (Phi) is 17.0. The third-order valence-electron chi connectivity index (χ3n) is 8.26. The van der Waals surface area contributed by atoms with Crippen LogP contribution in [0, 0.1) is 0 Å². The molecule has 2 heterocycles. The third-order valence-corrected chi connectivity index (χ3v) is 8.26. The molecular weight excluding hydrogens is 706 g/mol. The van der Waals surface area contributed by atoms with E-state index < -0.39 is 41.8 Å². The molecular formula is C36H47N7O11. The van der Waals surface area contributed by atoms with E-state index in [0.717, 1.165) is 32.7 Å². The summed E-state index contributed by atoms with van der Waals surface area (Å²) >= 11 is 0. The van der Waals surface area contributed by atoms with Gasteiger partial charge in [-0.15, -0.1) is 10.1 Å². The second-order valence-corrected chi connectivity index (χ2v) is 11.8. The summed E-state index contributed by atoms with van der Waals surface area (Å²) in [5.74, 6) is -2.87. The second kappa shape index (κ2) is 21.6. The number of anilines is 2. The van der Waals surface area contributed by atoms with Gasteiger partial charge in [-0.3, -0.25) is 34.6 Å². The number of hydrogen-bond acceptors (Lipinski definition) is 13. The monoisotopic (exact) mass is 753 g/mol. The van der Waals surface area contributed by atoms with E-state index in [0.29, 0.717) is 52.3 Å². The Bertz CT molecular complexity index is 1490. The Balaban J connectivity index is 0.000000290. The van der Waals surface area contributed by atoms with Crippen molar-refractivity contribution in [2.45, 2.75) is 53.4 Å². The fourth-order valence-corrected chi connectivity index (χ4v) is 5.02. The first-order valence-electron chi connectivity index (χ1n) is 17.7. The van der Waals surface area contributed by atoms with E-state index in [1.165, 1.54) is 36.4 Å². The molecule has 18 heteroatoms. The topological polar surface area (TPSA) is 213 Å². The van der Waals surface area contributed by atoms with Gasteiger partial charge in [0.1, 0.15) is 6.61 Å². The predicted molar refractivity (Wildman–Crippen MR) is 193 cm³/mol. The molecule has 4 rings (SSSR count). The maximum atomic E-state index is 12.1. The van der Waals surface area contributed by atoms with Crippen molar-refractivity contribution in [3.63, 3.8) is 0 Å². The Hall–Kier alpha value is -5.88. The van der Waals surface area contributed by atoms with E-state index in [1.54, 1.807) is 12.1 Å². The molecule has 292 valence electrons. The molecule has 3 N–H and O–H groups in total. The second-order valence-electron chi connectivity index (χ2n) is 11.8. The zero-order valence-electron chi connectivity index (χ0n) is 30.9. The van der Waals surface area contributed by atoms with Crippen LogP contribution in [0.1, 0.15) is 74.1 Å². The minimum Gasteiger partial charge on any atom is -0.461 e. The minimum atomic E-state index is -0.965. The number of hydroxylamine groups is 4. The molecule has 2 aromatic rings. The molecule has 0 saturated carbocycles. The van der Waals surface area contributed by atoms with Crippen LogP contribution in [0.5, 0.6) is 0 Å². The molecule has 0 aromatic heterocycles. The molecule has 0 atom stereocenters. The number of imide groups is 2. The van der Waals surface area contributed by atoms with Gasteiger partial charge < -0.3 is 29.5 Å². The third kappa shape index (κ3) is 13.3. The van der Waals surface area contributed by atoms with Crippen LogP contribution in [0.25, 0.3) is 0 Å². The summed E-state index contributed by atoms with van der Waals surface area (Å²) in [6.07, 6.45) is -1.80. The van der Waals surface area contributed by atoms with Crippen molar-refractivity contribution in [2.75, 3.05) is 63.1 Å². The zero-order valence-corrected chi connectivity index (χ0v) is 30.9. The molecule has 0 radical (unpaired) electrons. The zero-order chi connectivity index (χ0) is 39.6. The first kappa shape index (κ1) is 42.5. The van der Waals surface area contributed by atoms with E-state index in [1.807, 2.05) is 13.8 Å². The number of hydrogen-bond donors (Lipinski definition) is 3. The maximum absolute atomic E-state index is 12.1. The number of carbonyl (C=O) groups excluding carboxylic acids is 8. The smallest absolute Gasteiger partial charge is 0.436 e. The highest BCUT2D eigenvalue weighted by atomic mass is 16.7. The average Bonchev–Trinajstić information content (AvgIpc) is 3.66. The lowest BCUT2D eigenvalue weighted by Gasteiger charge is -2.18. The van der Waals surface area contributed by atoms with Gasteiger partial charge in [0.15, 0.2) is 0 Å². The highest BCUT2D eigenvalue weighted by Crippen LogP contribution is 2.16. The van der Waals surface area contributed by atoms with Gasteiger partial charge in [0, 0.05) is 62.3 Å². The Morgan fingerprint density at radius 1 is 0.593 bits per heavy atom. The van der Waals surface area contributed by atoms with Crippen LogP contribution >= 0.6 is 0 Å². The highest BCUT2D eigenvalue weighted by molar-refractivity contribution is 6.03. The van der Waals surface area contributed by atoms with Gasteiger partial charge in [0.2, 0.25) is 0 Å². The van der Waals surface area contributed by atoms with Gasteiger partial charge in [-0.2, -0.15) is 0 Å². The largest absolute Gasteiger partial charge is 0.461 e. The molecule has 18 nitrogen and oxygen atoms in total. The summed E-state index contributed by atoms with van der Waals surface area (Å²) in [5, 5.41) is 8.55. The standard InChI is InChI=1S/C18H24N4O5.C18H23N3O6/c1-3-21(4-2)12-11-19-17(25)13-5-7-14(8-6-13)20-18(26)27-22-15(23)9-10-16(22)24;1-3-20(4-2)11-12-26-17(24)13-5-7-14(8-6-13)19-18(25)27-21-15(22)9-10-16(21)23/h5-8H,3-4,9-12H2,1-2H3,(H,19,25)(H,20,26);5-8H,3-4,9-12H2,1-2H3,(H,19,25). The summed E-state index contributed by atoms with van der Waals surface area (Å²) in [5.41, 5.74) is 1.52. The first-order chi connectivity index (χ1) is 25.9. The number of nitrogens with zero attached hydrogens (tertiary/aromatic N) is 4. The van der Waals surface area contributed by atoms with Crippen LogP contribution in [-0.2, 0) is 33.6 Å². The average molecular weight is 754 g/mol. The van der Waals surface area contributed by atoms with Crippen molar-refractivity contribution < 1.29 is 52.8 Å². The van der Waals surface area contributed by atoms with Crippen LogP contribution in [0.3, 0.4) is 0 Å². The summed E-state index contributed by atoms with van der Waals surface area (Å²) in [6.45, 7) is 14.1. The van der Waals surface area contributed by atoms with Crippen molar-refractivity contribution in [1.29, 1.82) is 0 Å². The molecule has 2 saturated heterocycles. The van der Waals surface area contributed by atoms with Gasteiger partial charge in [0.25, 0.3) is 29.5 Å². The lowest BCUT2D eigenvalue weighted by Crippen LogP contribution is -2.34. The van der Waals surface area contributed by atoms with Crippen molar-refractivity contribution in [2.24, 2.45) is 0 Å². The Labute approximate surface area is 312 Å². The Morgan fingerprint density at radius 2 is 0.981 bits per heavy atom. The summed E-state index contributed by atoms with van der Waals surface area (Å²) < 4.78 is 5.22. The summed E-state index contributed by atoms with van der Waals surface area (Å²) in [7, 11) is 0. The molecule has 54 heavy (non-hydrogen) atoms. The molecule has 0 unspecified atom stereocenters. The number of nitrogens with one attached hydrogen (secondary N) is 3. The predicted octanol–water partition coefficient (Wildman–Crippen LogP) is 3.17. The summed E-state index contributed by atoms with van der Waals surface area (Å²) in [6, 6.07) is 12.2.